The smallest absolute Gasteiger partial charge is 0.207 e. The number of rotatable bonds is 3. The van der Waals surface area contributed by atoms with Crippen LogP contribution in [0.3, 0.4) is 0 Å². The molecule has 2 rings (SSSR count). The topological polar surface area (TPSA) is 46.2 Å². The van der Waals surface area contributed by atoms with Crippen LogP contribution in [0.1, 0.15) is 11.1 Å². The van der Waals surface area contributed by atoms with Gasteiger partial charge < -0.3 is 0 Å². The Labute approximate surface area is 119 Å². The molecule has 0 atom stereocenters. The van der Waals surface area contributed by atoms with Crippen molar-refractivity contribution in [2.24, 2.45) is 0 Å². The number of aryl methyl sites for hydroxylation is 1. The fourth-order valence-corrected chi connectivity index (χ4v) is 2.52. The largest absolute Gasteiger partial charge is 0.241 e. The summed E-state index contributed by atoms with van der Waals surface area (Å²) in [4.78, 5) is 0.254. The molecule has 0 saturated carbocycles. The van der Waals surface area contributed by atoms with E-state index in [1.807, 2.05) is 37.3 Å². The molecule has 0 bridgehead atoms. The third-order valence-corrected chi connectivity index (χ3v) is 4.11. The fraction of sp³-hybridized carbons (Fsp3) is 0.125. The summed E-state index contributed by atoms with van der Waals surface area (Å²) >= 11 is 0. The zero-order valence-corrected chi connectivity index (χ0v) is 11.9. The Morgan fingerprint density at radius 2 is 1.65 bits per heavy atom. The Bertz CT molecular complexity index is 724. The maximum atomic E-state index is 12.0. The van der Waals surface area contributed by atoms with Crippen LogP contribution < -0.4 is 4.72 Å². The van der Waals surface area contributed by atoms with Crippen molar-refractivity contribution in [3.8, 4) is 11.8 Å². The summed E-state index contributed by atoms with van der Waals surface area (Å²) in [5, 5.41) is 0. The van der Waals surface area contributed by atoms with Crippen LogP contribution in [0.25, 0.3) is 0 Å². The molecule has 102 valence electrons. The molecule has 0 amide bonds. The Balaban J connectivity index is 2.00. The number of hydrogen-bond donors (Lipinski definition) is 1. The van der Waals surface area contributed by atoms with Gasteiger partial charge in [0, 0.05) is 5.56 Å². The van der Waals surface area contributed by atoms with Crippen LogP contribution >= 0.6 is 0 Å². The van der Waals surface area contributed by atoms with Gasteiger partial charge in [0.15, 0.2) is 0 Å². The minimum atomic E-state index is -3.48. The predicted molar refractivity (Wildman–Crippen MR) is 79.7 cm³/mol. The van der Waals surface area contributed by atoms with Crippen molar-refractivity contribution in [3.63, 3.8) is 0 Å². The molecule has 3 nitrogen and oxygen atoms in total. The third kappa shape index (κ3) is 3.95. The van der Waals surface area contributed by atoms with Gasteiger partial charge in [0.1, 0.15) is 0 Å². The lowest BCUT2D eigenvalue weighted by Crippen LogP contribution is -2.23. The predicted octanol–water partition coefficient (Wildman–Crippen LogP) is 2.33. The van der Waals surface area contributed by atoms with E-state index in [9.17, 15) is 8.42 Å². The highest BCUT2D eigenvalue weighted by Crippen LogP contribution is 2.09. The summed E-state index contributed by atoms with van der Waals surface area (Å²) in [6, 6.07) is 16.1. The van der Waals surface area contributed by atoms with Crippen LogP contribution in [0.4, 0.5) is 0 Å². The van der Waals surface area contributed by atoms with E-state index in [0.717, 1.165) is 11.1 Å². The van der Waals surface area contributed by atoms with Crippen molar-refractivity contribution in [1.29, 1.82) is 0 Å². The average molecular weight is 285 g/mol. The minimum Gasteiger partial charge on any atom is -0.207 e. The second kappa shape index (κ2) is 6.38. The number of benzene rings is 2. The molecular formula is C16H15NO2S. The highest BCUT2D eigenvalue weighted by molar-refractivity contribution is 7.89. The highest BCUT2D eigenvalue weighted by atomic mass is 32.2. The maximum Gasteiger partial charge on any atom is 0.241 e. The Morgan fingerprint density at radius 3 is 2.30 bits per heavy atom. The van der Waals surface area contributed by atoms with Gasteiger partial charge >= 0.3 is 0 Å². The molecule has 0 radical (unpaired) electrons. The first kappa shape index (κ1) is 14.3. The molecule has 0 aliphatic rings. The molecule has 0 unspecified atom stereocenters. The Morgan fingerprint density at radius 1 is 1.00 bits per heavy atom. The highest BCUT2D eigenvalue weighted by Gasteiger charge is 2.11. The molecule has 0 aromatic heterocycles. The molecule has 2 aromatic rings. The Kier molecular flexibility index (Phi) is 4.57. The zero-order valence-electron chi connectivity index (χ0n) is 11.1. The van der Waals surface area contributed by atoms with Crippen molar-refractivity contribution in [2.45, 2.75) is 11.8 Å². The van der Waals surface area contributed by atoms with Crippen molar-refractivity contribution in [1.82, 2.24) is 4.72 Å². The van der Waals surface area contributed by atoms with Gasteiger partial charge in [-0.1, -0.05) is 47.7 Å². The third-order valence-electron chi connectivity index (χ3n) is 2.69. The lowest BCUT2D eigenvalue weighted by Gasteiger charge is -2.03. The quantitative estimate of drug-likeness (QED) is 0.880. The fourth-order valence-electron chi connectivity index (χ4n) is 1.60. The van der Waals surface area contributed by atoms with E-state index in [-0.39, 0.29) is 11.4 Å². The molecule has 0 heterocycles. The van der Waals surface area contributed by atoms with Gasteiger partial charge in [-0.05, 0) is 31.2 Å². The molecule has 20 heavy (non-hydrogen) atoms. The summed E-state index contributed by atoms with van der Waals surface area (Å²) in [7, 11) is -3.48. The van der Waals surface area contributed by atoms with E-state index in [4.69, 9.17) is 0 Å². The number of hydrogen-bond acceptors (Lipinski definition) is 2. The van der Waals surface area contributed by atoms with Gasteiger partial charge in [0.05, 0.1) is 11.4 Å². The van der Waals surface area contributed by atoms with Gasteiger partial charge in [-0.2, -0.15) is 4.72 Å². The summed E-state index contributed by atoms with van der Waals surface area (Å²) in [5.41, 5.74) is 1.88. The normalized spacial score (nSPS) is 10.7. The summed E-state index contributed by atoms with van der Waals surface area (Å²) in [6.07, 6.45) is 0. The molecule has 0 aliphatic carbocycles. The minimum absolute atomic E-state index is 0.0884. The van der Waals surface area contributed by atoms with Crippen LogP contribution in [0.2, 0.25) is 0 Å². The van der Waals surface area contributed by atoms with E-state index in [2.05, 4.69) is 16.6 Å². The monoisotopic (exact) mass is 285 g/mol. The van der Waals surface area contributed by atoms with Crippen LogP contribution in [-0.4, -0.2) is 15.0 Å². The molecule has 0 spiro atoms. The summed E-state index contributed by atoms with van der Waals surface area (Å²) in [5.74, 6) is 5.70. The van der Waals surface area contributed by atoms with Gasteiger partial charge in [-0.15, -0.1) is 0 Å². The molecular weight excluding hydrogens is 270 g/mol. The first-order valence-electron chi connectivity index (χ1n) is 6.18. The van der Waals surface area contributed by atoms with E-state index in [1.54, 1.807) is 24.3 Å². The van der Waals surface area contributed by atoms with Crippen molar-refractivity contribution in [2.75, 3.05) is 6.54 Å². The van der Waals surface area contributed by atoms with Crippen LogP contribution in [0.5, 0.6) is 0 Å². The lowest BCUT2D eigenvalue weighted by molar-refractivity contribution is 0.586. The van der Waals surface area contributed by atoms with E-state index in [1.165, 1.54) is 0 Å². The first-order valence-corrected chi connectivity index (χ1v) is 7.66. The molecule has 0 aliphatic heterocycles. The van der Waals surface area contributed by atoms with Crippen LogP contribution in [0, 0.1) is 18.8 Å². The number of sulfonamides is 1. The molecule has 0 saturated heterocycles. The van der Waals surface area contributed by atoms with Crippen molar-refractivity contribution >= 4 is 10.0 Å². The second-order valence-corrected chi connectivity index (χ2v) is 6.07. The summed E-state index contributed by atoms with van der Waals surface area (Å²) in [6.45, 7) is 2.00. The zero-order chi connectivity index (χ0) is 14.4. The maximum absolute atomic E-state index is 12.0. The first-order chi connectivity index (χ1) is 9.58. The standard InChI is InChI=1S/C16H15NO2S/c1-14-9-11-16(12-10-14)20(18,19)17-13-5-8-15-6-3-2-4-7-15/h2-4,6-7,9-12,17H,13H2,1H3. The van der Waals surface area contributed by atoms with Crippen molar-refractivity contribution < 1.29 is 8.42 Å². The van der Waals surface area contributed by atoms with Gasteiger partial charge in [-0.3, -0.25) is 0 Å². The molecule has 1 N–H and O–H groups in total. The Hall–Kier alpha value is -2.09. The molecule has 4 heteroatoms. The van der Waals surface area contributed by atoms with Gasteiger partial charge in [0.2, 0.25) is 10.0 Å². The average Bonchev–Trinajstić information content (AvgIpc) is 2.45. The summed E-state index contributed by atoms with van der Waals surface area (Å²) < 4.78 is 26.4. The van der Waals surface area contributed by atoms with E-state index >= 15 is 0 Å². The van der Waals surface area contributed by atoms with Gasteiger partial charge in [0.25, 0.3) is 0 Å². The SMILES string of the molecule is Cc1ccc(S(=O)(=O)NCC#Cc2ccccc2)cc1. The van der Waals surface area contributed by atoms with E-state index in [0.29, 0.717) is 0 Å². The molecule has 0 fully saturated rings. The van der Waals surface area contributed by atoms with E-state index < -0.39 is 10.0 Å². The second-order valence-electron chi connectivity index (χ2n) is 4.31. The van der Waals surface area contributed by atoms with Crippen molar-refractivity contribution in [3.05, 3.63) is 65.7 Å². The molecule has 2 aromatic carbocycles. The van der Waals surface area contributed by atoms with Crippen LogP contribution in [-0.2, 0) is 10.0 Å². The van der Waals surface area contributed by atoms with Crippen LogP contribution in [0.15, 0.2) is 59.5 Å². The van der Waals surface area contributed by atoms with Gasteiger partial charge in [-0.25, -0.2) is 8.42 Å². The lowest BCUT2D eigenvalue weighted by atomic mass is 10.2. The number of nitrogens with one attached hydrogen (secondary N) is 1.